The molecule has 1 amide bonds. The third-order valence-corrected chi connectivity index (χ3v) is 7.52. The number of fused-ring (bicyclic) bond motifs is 1. The zero-order chi connectivity index (χ0) is 24.0. The van der Waals surface area contributed by atoms with E-state index in [1.54, 1.807) is 33.1 Å². The number of carbonyl (C=O) groups excluding carboxylic acids is 1. The Morgan fingerprint density at radius 2 is 1.58 bits per heavy atom. The summed E-state index contributed by atoms with van der Waals surface area (Å²) in [5.74, 6) is 0.658. The molecule has 0 bridgehead atoms. The SMILES string of the molecule is CCN(CC)S(=O)(=O)c1ccc(NC(=O)CN(C)Cc2ccc3cc(OC)ccc3c2)cc1. The molecule has 0 aliphatic carbocycles. The van der Waals surface area contributed by atoms with E-state index in [1.807, 2.05) is 36.2 Å². The smallest absolute Gasteiger partial charge is 0.243 e. The van der Waals surface area contributed by atoms with Gasteiger partial charge in [-0.3, -0.25) is 9.69 Å². The Balaban J connectivity index is 1.58. The summed E-state index contributed by atoms with van der Waals surface area (Å²) in [5.41, 5.74) is 1.67. The summed E-state index contributed by atoms with van der Waals surface area (Å²) in [6.45, 7) is 5.27. The lowest BCUT2D eigenvalue weighted by atomic mass is 10.1. The highest BCUT2D eigenvalue weighted by Gasteiger charge is 2.21. The van der Waals surface area contributed by atoms with Crippen molar-refractivity contribution in [2.45, 2.75) is 25.3 Å². The van der Waals surface area contributed by atoms with Gasteiger partial charge in [-0.25, -0.2) is 8.42 Å². The number of hydrogen-bond donors (Lipinski definition) is 1. The van der Waals surface area contributed by atoms with Crippen LogP contribution < -0.4 is 10.1 Å². The van der Waals surface area contributed by atoms with Crippen molar-refractivity contribution in [1.82, 2.24) is 9.21 Å². The molecule has 0 aliphatic rings. The standard InChI is InChI=1S/C25H31N3O4S/c1-5-28(6-2)33(30,31)24-13-10-22(11-14-24)26-25(29)18-27(3)17-19-7-8-21-16-23(32-4)12-9-20(21)15-19/h7-16H,5-6,17-18H2,1-4H3,(H,26,29). The van der Waals surface area contributed by atoms with Crippen molar-refractivity contribution in [3.05, 3.63) is 66.2 Å². The van der Waals surface area contributed by atoms with Crippen LogP contribution in [0.5, 0.6) is 5.75 Å². The Morgan fingerprint density at radius 3 is 2.21 bits per heavy atom. The predicted octanol–water partition coefficient (Wildman–Crippen LogP) is 3.95. The Hall–Kier alpha value is -2.94. The predicted molar refractivity (Wildman–Crippen MR) is 132 cm³/mol. The molecule has 0 saturated heterocycles. The fourth-order valence-electron chi connectivity index (χ4n) is 3.73. The van der Waals surface area contributed by atoms with Crippen LogP contribution in [-0.4, -0.2) is 57.3 Å². The van der Waals surface area contributed by atoms with Gasteiger partial charge in [0.15, 0.2) is 0 Å². The number of rotatable bonds is 10. The minimum atomic E-state index is -3.51. The van der Waals surface area contributed by atoms with Gasteiger partial charge in [0.25, 0.3) is 0 Å². The molecule has 8 heteroatoms. The Bertz CT molecular complexity index is 1210. The summed E-state index contributed by atoms with van der Waals surface area (Å²) >= 11 is 0. The van der Waals surface area contributed by atoms with Crippen LogP contribution in [0.4, 0.5) is 5.69 Å². The first-order valence-corrected chi connectivity index (χ1v) is 12.4. The number of ether oxygens (including phenoxy) is 1. The summed E-state index contributed by atoms with van der Waals surface area (Å²) in [7, 11) is 0.0231. The van der Waals surface area contributed by atoms with Crippen LogP contribution in [-0.2, 0) is 21.4 Å². The number of sulfonamides is 1. The number of benzene rings is 3. The van der Waals surface area contributed by atoms with Crippen molar-refractivity contribution in [3.63, 3.8) is 0 Å². The molecule has 0 heterocycles. The molecular weight excluding hydrogens is 438 g/mol. The summed E-state index contributed by atoms with van der Waals surface area (Å²) < 4.78 is 31.8. The molecule has 0 saturated carbocycles. The lowest BCUT2D eigenvalue weighted by molar-refractivity contribution is -0.117. The molecule has 0 fully saturated rings. The zero-order valence-corrected chi connectivity index (χ0v) is 20.4. The van der Waals surface area contributed by atoms with E-state index in [2.05, 4.69) is 17.4 Å². The number of anilines is 1. The van der Waals surface area contributed by atoms with E-state index in [4.69, 9.17) is 4.74 Å². The van der Waals surface area contributed by atoms with E-state index in [0.29, 0.717) is 25.3 Å². The monoisotopic (exact) mass is 469 g/mol. The van der Waals surface area contributed by atoms with Gasteiger partial charge in [0, 0.05) is 25.3 Å². The molecule has 0 unspecified atom stereocenters. The molecule has 0 aromatic heterocycles. The Labute approximate surface area is 196 Å². The normalized spacial score (nSPS) is 11.8. The van der Waals surface area contributed by atoms with Crippen molar-refractivity contribution >= 4 is 32.4 Å². The topological polar surface area (TPSA) is 79.0 Å². The second kappa shape index (κ2) is 10.8. The first-order chi connectivity index (χ1) is 15.8. The summed E-state index contributed by atoms with van der Waals surface area (Å²) in [6, 6.07) is 18.4. The summed E-state index contributed by atoms with van der Waals surface area (Å²) in [5, 5.41) is 5.05. The number of methoxy groups -OCH3 is 1. The quantitative estimate of drug-likeness (QED) is 0.486. The van der Waals surface area contributed by atoms with E-state index in [0.717, 1.165) is 22.1 Å². The largest absolute Gasteiger partial charge is 0.497 e. The second-order valence-corrected chi connectivity index (χ2v) is 9.82. The number of nitrogens with one attached hydrogen (secondary N) is 1. The molecule has 3 aromatic carbocycles. The van der Waals surface area contributed by atoms with Crippen LogP contribution in [0.25, 0.3) is 10.8 Å². The highest BCUT2D eigenvalue weighted by molar-refractivity contribution is 7.89. The fraction of sp³-hybridized carbons (Fsp3) is 0.320. The van der Waals surface area contributed by atoms with Gasteiger partial charge in [-0.1, -0.05) is 32.0 Å². The van der Waals surface area contributed by atoms with Crippen molar-refractivity contribution in [1.29, 1.82) is 0 Å². The molecule has 0 atom stereocenters. The van der Waals surface area contributed by atoms with E-state index in [1.165, 1.54) is 16.4 Å². The minimum Gasteiger partial charge on any atom is -0.497 e. The third kappa shape index (κ3) is 6.10. The Morgan fingerprint density at radius 1 is 0.939 bits per heavy atom. The van der Waals surface area contributed by atoms with Gasteiger partial charge in [-0.2, -0.15) is 4.31 Å². The maximum atomic E-state index is 12.6. The maximum absolute atomic E-state index is 12.6. The number of carbonyl (C=O) groups is 1. The molecule has 33 heavy (non-hydrogen) atoms. The van der Waals surface area contributed by atoms with E-state index < -0.39 is 10.0 Å². The van der Waals surface area contributed by atoms with Crippen molar-refractivity contribution in [2.24, 2.45) is 0 Å². The van der Waals surface area contributed by atoms with E-state index in [9.17, 15) is 13.2 Å². The van der Waals surface area contributed by atoms with E-state index >= 15 is 0 Å². The molecule has 3 aromatic rings. The van der Waals surface area contributed by atoms with Gasteiger partial charge in [-0.15, -0.1) is 0 Å². The number of amides is 1. The van der Waals surface area contributed by atoms with Crippen LogP contribution >= 0.6 is 0 Å². The molecular formula is C25H31N3O4S. The molecule has 0 radical (unpaired) electrons. The van der Waals surface area contributed by atoms with Crippen LogP contribution in [0.3, 0.4) is 0 Å². The van der Waals surface area contributed by atoms with Crippen molar-refractivity contribution in [3.8, 4) is 5.75 Å². The van der Waals surface area contributed by atoms with Crippen LogP contribution in [0.15, 0.2) is 65.6 Å². The molecule has 7 nitrogen and oxygen atoms in total. The van der Waals surface area contributed by atoms with Gasteiger partial charge < -0.3 is 10.1 Å². The van der Waals surface area contributed by atoms with Crippen molar-refractivity contribution < 1.29 is 17.9 Å². The van der Waals surface area contributed by atoms with E-state index in [-0.39, 0.29) is 17.3 Å². The third-order valence-electron chi connectivity index (χ3n) is 5.46. The molecule has 1 N–H and O–H groups in total. The van der Waals surface area contributed by atoms with Crippen molar-refractivity contribution in [2.75, 3.05) is 39.1 Å². The summed E-state index contributed by atoms with van der Waals surface area (Å²) in [4.78, 5) is 14.6. The molecule has 3 rings (SSSR count). The average molecular weight is 470 g/mol. The minimum absolute atomic E-state index is 0.164. The molecule has 0 aliphatic heterocycles. The average Bonchev–Trinajstić information content (AvgIpc) is 2.79. The van der Waals surface area contributed by atoms with Gasteiger partial charge in [-0.05, 0) is 65.8 Å². The first kappa shape index (κ1) is 24.7. The van der Waals surface area contributed by atoms with Crippen LogP contribution in [0, 0.1) is 0 Å². The lowest BCUT2D eigenvalue weighted by Crippen LogP contribution is -2.31. The summed E-state index contributed by atoms with van der Waals surface area (Å²) in [6.07, 6.45) is 0. The maximum Gasteiger partial charge on any atom is 0.243 e. The first-order valence-electron chi connectivity index (χ1n) is 10.9. The molecule has 0 spiro atoms. The van der Waals surface area contributed by atoms with Gasteiger partial charge in [0.05, 0.1) is 18.6 Å². The van der Waals surface area contributed by atoms with Crippen LogP contribution in [0.1, 0.15) is 19.4 Å². The van der Waals surface area contributed by atoms with Gasteiger partial charge >= 0.3 is 0 Å². The molecule has 176 valence electrons. The highest BCUT2D eigenvalue weighted by Crippen LogP contribution is 2.22. The van der Waals surface area contributed by atoms with Gasteiger partial charge in [0.1, 0.15) is 5.75 Å². The number of likely N-dealkylation sites (N-methyl/N-ethyl adjacent to an activating group) is 1. The fourth-order valence-corrected chi connectivity index (χ4v) is 5.19. The zero-order valence-electron chi connectivity index (χ0n) is 19.5. The second-order valence-electron chi connectivity index (χ2n) is 7.88. The van der Waals surface area contributed by atoms with Crippen LogP contribution in [0.2, 0.25) is 0 Å². The van der Waals surface area contributed by atoms with Gasteiger partial charge in [0.2, 0.25) is 15.9 Å². The highest BCUT2D eigenvalue weighted by atomic mass is 32.2. The number of nitrogens with zero attached hydrogens (tertiary/aromatic N) is 2. The number of hydrogen-bond acceptors (Lipinski definition) is 5. The lowest BCUT2D eigenvalue weighted by Gasteiger charge is -2.19. The Kier molecular flexibility index (Phi) is 8.07.